The molecule has 2 fully saturated rings. The number of thiazole rings is 1. The first-order valence-electron chi connectivity index (χ1n) is 5.83. The highest BCUT2D eigenvalue weighted by Gasteiger charge is 2.53. The number of rotatable bonds is 4. The van der Waals surface area contributed by atoms with Gasteiger partial charge in [0.1, 0.15) is 0 Å². The fourth-order valence-electron chi connectivity index (χ4n) is 3.43. The smallest absolute Gasteiger partial charge is 0.0794 e. The van der Waals surface area contributed by atoms with Gasteiger partial charge in [-0.05, 0) is 50.0 Å². The predicted molar refractivity (Wildman–Crippen MR) is 63.0 cm³/mol. The lowest BCUT2D eigenvalue weighted by Crippen LogP contribution is -2.33. The van der Waals surface area contributed by atoms with Gasteiger partial charge < -0.3 is 5.32 Å². The van der Waals surface area contributed by atoms with Crippen molar-refractivity contribution < 1.29 is 0 Å². The summed E-state index contributed by atoms with van der Waals surface area (Å²) < 4.78 is 0. The van der Waals surface area contributed by atoms with Crippen LogP contribution < -0.4 is 5.32 Å². The molecule has 0 aromatic carbocycles. The van der Waals surface area contributed by atoms with Gasteiger partial charge in [-0.15, -0.1) is 11.3 Å². The fraction of sp³-hybridized carbons (Fsp3) is 0.750. The third-order valence-corrected chi connectivity index (χ3v) is 4.82. The number of fused-ring (bicyclic) bond motifs is 1. The van der Waals surface area contributed by atoms with E-state index in [4.69, 9.17) is 0 Å². The van der Waals surface area contributed by atoms with E-state index in [0.29, 0.717) is 5.41 Å². The molecule has 1 N–H and O–H groups in total. The van der Waals surface area contributed by atoms with Crippen molar-refractivity contribution in [3.8, 4) is 0 Å². The molecule has 0 aliphatic heterocycles. The quantitative estimate of drug-likeness (QED) is 0.845. The van der Waals surface area contributed by atoms with Crippen molar-refractivity contribution in [2.24, 2.45) is 17.3 Å². The highest BCUT2D eigenvalue weighted by molar-refractivity contribution is 7.09. The zero-order valence-electron chi connectivity index (χ0n) is 9.20. The first-order chi connectivity index (χ1) is 7.31. The average Bonchev–Trinajstić information content (AvgIpc) is 2.67. The maximum Gasteiger partial charge on any atom is 0.0794 e. The SMILES string of the molecule is CNCC1(Cc2cncs2)CC2CC2C1. The zero-order chi connectivity index (χ0) is 10.3. The molecule has 3 rings (SSSR count). The molecule has 82 valence electrons. The Bertz CT molecular complexity index is 323. The van der Waals surface area contributed by atoms with E-state index in [0.717, 1.165) is 11.8 Å². The maximum absolute atomic E-state index is 4.18. The monoisotopic (exact) mass is 222 g/mol. The van der Waals surface area contributed by atoms with E-state index in [2.05, 4.69) is 17.3 Å². The van der Waals surface area contributed by atoms with Crippen molar-refractivity contribution in [2.75, 3.05) is 13.6 Å². The second-order valence-electron chi connectivity index (χ2n) is 5.34. The van der Waals surface area contributed by atoms with Gasteiger partial charge in [-0.2, -0.15) is 0 Å². The van der Waals surface area contributed by atoms with Gasteiger partial charge in [0.2, 0.25) is 0 Å². The lowest BCUT2D eigenvalue weighted by atomic mass is 9.79. The number of hydrogen-bond acceptors (Lipinski definition) is 3. The minimum atomic E-state index is 0.550. The zero-order valence-corrected chi connectivity index (χ0v) is 10.0. The molecule has 2 saturated carbocycles. The normalized spacial score (nSPS) is 37.9. The Hall–Kier alpha value is -0.410. The minimum Gasteiger partial charge on any atom is -0.319 e. The van der Waals surface area contributed by atoms with Crippen LogP contribution in [0.25, 0.3) is 0 Å². The molecule has 2 nitrogen and oxygen atoms in total. The third kappa shape index (κ3) is 1.83. The number of nitrogens with zero attached hydrogens (tertiary/aromatic N) is 1. The van der Waals surface area contributed by atoms with Crippen molar-refractivity contribution in [3.63, 3.8) is 0 Å². The van der Waals surface area contributed by atoms with Crippen LogP contribution in [0.15, 0.2) is 11.7 Å². The second-order valence-corrected chi connectivity index (χ2v) is 6.31. The van der Waals surface area contributed by atoms with Gasteiger partial charge in [0.15, 0.2) is 0 Å². The summed E-state index contributed by atoms with van der Waals surface area (Å²) >= 11 is 1.81. The molecule has 1 aromatic heterocycles. The van der Waals surface area contributed by atoms with E-state index in [1.807, 2.05) is 23.0 Å². The number of aromatic nitrogens is 1. The summed E-state index contributed by atoms with van der Waals surface area (Å²) in [6.45, 7) is 1.18. The van der Waals surface area contributed by atoms with Crippen molar-refractivity contribution in [1.82, 2.24) is 10.3 Å². The summed E-state index contributed by atoms with van der Waals surface area (Å²) in [5.74, 6) is 2.12. The largest absolute Gasteiger partial charge is 0.319 e. The van der Waals surface area contributed by atoms with Crippen LogP contribution in [0.2, 0.25) is 0 Å². The van der Waals surface area contributed by atoms with Crippen LogP contribution in [0.4, 0.5) is 0 Å². The van der Waals surface area contributed by atoms with Crippen LogP contribution in [0, 0.1) is 17.3 Å². The van der Waals surface area contributed by atoms with E-state index in [1.165, 1.54) is 37.1 Å². The van der Waals surface area contributed by atoms with Crippen molar-refractivity contribution in [1.29, 1.82) is 0 Å². The van der Waals surface area contributed by atoms with E-state index in [9.17, 15) is 0 Å². The summed E-state index contributed by atoms with van der Waals surface area (Å²) in [5.41, 5.74) is 2.51. The van der Waals surface area contributed by atoms with Crippen LogP contribution in [0.5, 0.6) is 0 Å². The molecule has 0 bridgehead atoms. The van der Waals surface area contributed by atoms with Gasteiger partial charge in [0, 0.05) is 17.6 Å². The molecule has 2 aliphatic carbocycles. The third-order valence-electron chi connectivity index (χ3n) is 4.04. The molecule has 0 spiro atoms. The topological polar surface area (TPSA) is 24.9 Å². The van der Waals surface area contributed by atoms with Crippen molar-refractivity contribution in [2.45, 2.75) is 25.7 Å². The Morgan fingerprint density at radius 3 is 2.93 bits per heavy atom. The number of hydrogen-bond donors (Lipinski definition) is 1. The molecular formula is C12H18N2S. The Labute approximate surface area is 95.1 Å². The Kier molecular flexibility index (Phi) is 2.33. The Balaban J connectivity index is 1.73. The molecule has 1 aromatic rings. The maximum atomic E-state index is 4.18. The van der Waals surface area contributed by atoms with E-state index < -0.39 is 0 Å². The van der Waals surface area contributed by atoms with Crippen LogP contribution in [0.3, 0.4) is 0 Å². The molecule has 2 atom stereocenters. The summed E-state index contributed by atoms with van der Waals surface area (Å²) in [4.78, 5) is 5.65. The standard InChI is InChI=1S/C12H18N2S/c1-13-7-12(3-9-2-10(9)4-12)5-11-6-14-8-15-11/h6,8-10,13H,2-5,7H2,1H3. The molecule has 3 heteroatoms. The second kappa shape index (κ2) is 3.56. The van der Waals surface area contributed by atoms with Gasteiger partial charge >= 0.3 is 0 Å². The van der Waals surface area contributed by atoms with Gasteiger partial charge in [-0.1, -0.05) is 0 Å². The van der Waals surface area contributed by atoms with E-state index in [-0.39, 0.29) is 0 Å². The lowest BCUT2D eigenvalue weighted by molar-refractivity contribution is 0.257. The Morgan fingerprint density at radius 2 is 2.33 bits per heavy atom. The molecule has 15 heavy (non-hydrogen) atoms. The summed E-state index contributed by atoms with van der Waals surface area (Å²) in [7, 11) is 2.08. The first-order valence-corrected chi connectivity index (χ1v) is 6.71. The van der Waals surface area contributed by atoms with Gasteiger partial charge in [-0.25, -0.2) is 0 Å². The predicted octanol–water partition coefficient (Wildman–Crippen LogP) is 2.32. The van der Waals surface area contributed by atoms with Crippen LogP contribution in [-0.2, 0) is 6.42 Å². The molecular weight excluding hydrogens is 204 g/mol. The fourth-order valence-corrected chi connectivity index (χ4v) is 4.20. The highest BCUT2D eigenvalue weighted by Crippen LogP contribution is 2.60. The van der Waals surface area contributed by atoms with Gasteiger partial charge in [-0.3, -0.25) is 4.98 Å². The molecule has 2 unspecified atom stereocenters. The van der Waals surface area contributed by atoms with Crippen LogP contribution in [-0.4, -0.2) is 18.6 Å². The van der Waals surface area contributed by atoms with Gasteiger partial charge in [0.05, 0.1) is 5.51 Å². The molecule has 0 saturated heterocycles. The summed E-state index contributed by atoms with van der Waals surface area (Å²) in [6.07, 6.45) is 7.68. The summed E-state index contributed by atoms with van der Waals surface area (Å²) in [5, 5.41) is 3.39. The minimum absolute atomic E-state index is 0.550. The molecule has 0 amide bonds. The Morgan fingerprint density at radius 1 is 1.53 bits per heavy atom. The van der Waals surface area contributed by atoms with Crippen LogP contribution >= 0.6 is 11.3 Å². The van der Waals surface area contributed by atoms with E-state index >= 15 is 0 Å². The van der Waals surface area contributed by atoms with E-state index in [1.54, 1.807) is 0 Å². The van der Waals surface area contributed by atoms with Crippen LogP contribution in [0.1, 0.15) is 24.1 Å². The number of nitrogens with one attached hydrogen (secondary N) is 1. The first kappa shape index (κ1) is 9.79. The molecule has 1 heterocycles. The van der Waals surface area contributed by atoms with Crippen molar-refractivity contribution >= 4 is 11.3 Å². The molecule has 2 aliphatic rings. The average molecular weight is 222 g/mol. The summed E-state index contributed by atoms with van der Waals surface area (Å²) in [6, 6.07) is 0. The highest BCUT2D eigenvalue weighted by atomic mass is 32.1. The van der Waals surface area contributed by atoms with Gasteiger partial charge in [0.25, 0.3) is 0 Å². The van der Waals surface area contributed by atoms with Crippen molar-refractivity contribution in [3.05, 3.63) is 16.6 Å². The molecule has 0 radical (unpaired) electrons. The lowest BCUT2D eigenvalue weighted by Gasteiger charge is -2.30.